The summed E-state index contributed by atoms with van der Waals surface area (Å²) >= 11 is 0. The van der Waals surface area contributed by atoms with Crippen molar-refractivity contribution >= 4 is 27.6 Å². The van der Waals surface area contributed by atoms with Gasteiger partial charge in [0.15, 0.2) is 0 Å². The highest BCUT2D eigenvalue weighted by atomic mass is 32.2. The number of carbonyl (C=O) groups is 3. The summed E-state index contributed by atoms with van der Waals surface area (Å²) < 4.78 is 28.8. The Morgan fingerprint density at radius 2 is 1.65 bits per heavy atom. The number of hydrogen-bond donors (Lipinski definition) is 3. The topological polar surface area (TPSA) is 121 Å². The minimum Gasteiger partial charge on any atom is -0.347 e. The highest BCUT2D eigenvalue weighted by Crippen LogP contribution is 2.31. The first-order valence-electron chi connectivity index (χ1n) is 12.5. The van der Waals surface area contributed by atoms with Gasteiger partial charge < -0.3 is 10.6 Å². The van der Waals surface area contributed by atoms with E-state index in [9.17, 15) is 22.8 Å². The molecule has 2 saturated carbocycles. The van der Waals surface area contributed by atoms with Crippen LogP contribution in [0.2, 0.25) is 0 Å². The molecular formula is C25H37N3O5S. The van der Waals surface area contributed by atoms with Gasteiger partial charge in [-0.15, -0.1) is 0 Å². The highest BCUT2D eigenvalue weighted by Gasteiger charge is 2.44. The van der Waals surface area contributed by atoms with Crippen LogP contribution in [0.15, 0.2) is 35.2 Å². The minimum atomic E-state index is -3.94. The fraction of sp³-hybridized carbons (Fsp3) is 0.640. The Labute approximate surface area is 202 Å². The molecule has 0 aromatic heterocycles. The third-order valence-electron chi connectivity index (χ3n) is 6.91. The molecule has 1 atom stereocenters. The average Bonchev–Trinajstić information content (AvgIpc) is 3.35. The zero-order valence-electron chi connectivity index (χ0n) is 20.0. The zero-order chi connectivity index (χ0) is 24.6. The smallest absolute Gasteiger partial charge is 0.289 e. The van der Waals surface area contributed by atoms with Crippen molar-refractivity contribution in [3.8, 4) is 0 Å². The van der Waals surface area contributed by atoms with E-state index < -0.39 is 39.2 Å². The van der Waals surface area contributed by atoms with Crippen molar-refractivity contribution in [2.75, 3.05) is 0 Å². The van der Waals surface area contributed by atoms with Crippen molar-refractivity contribution in [2.24, 2.45) is 0 Å². The largest absolute Gasteiger partial charge is 0.347 e. The predicted octanol–water partition coefficient (Wildman–Crippen LogP) is 2.97. The number of hydrogen-bond acceptors (Lipinski definition) is 5. The van der Waals surface area contributed by atoms with Crippen molar-refractivity contribution < 1.29 is 22.8 Å². The summed E-state index contributed by atoms with van der Waals surface area (Å²) in [6.45, 7) is 1.97. The van der Waals surface area contributed by atoms with Crippen molar-refractivity contribution in [3.05, 3.63) is 30.3 Å². The van der Waals surface area contributed by atoms with Gasteiger partial charge in [0.2, 0.25) is 21.7 Å². The Bertz CT molecular complexity index is 952. The molecule has 34 heavy (non-hydrogen) atoms. The van der Waals surface area contributed by atoms with Crippen LogP contribution < -0.4 is 15.4 Å². The molecule has 1 aromatic carbocycles. The lowest BCUT2D eigenvalue weighted by Gasteiger charge is -2.37. The van der Waals surface area contributed by atoms with Crippen molar-refractivity contribution in [2.45, 2.75) is 106 Å². The van der Waals surface area contributed by atoms with Crippen molar-refractivity contribution in [1.29, 1.82) is 0 Å². The van der Waals surface area contributed by atoms with Crippen LogP contribution in [0, 0.1) is 0 Å². The molecule has 2 fully saturated rings. The fourth-order valence-corrected chi connectivity index (χ4v) is 6.35. The lowest BCUT2D eigenvalue weighted by Crippen LogP contribution is -2.62. The summed E-state index contributed by atoms with van der Waals surface area (Å²) in [6, 6.07) is 6.97. The quantitative estimate of drug-likeness (QED) is 0.411. The SMILES string of the molecule is CCCCC(NC(=O)C1(NS(=O)(=O)c2ccccc2)CCCCC1)C(=O)C(=O)NC1CCCC1. The number of ketones is 1. The molecule has 0 heterocycles. The van der Waals surface area contributed by atoms with Crippen LogP contribution in [-0.4, -0.2) is 43.6 Å². The minimum absolute atomic E-state index is 0.00125. The second-order valence-electron chi connectivity index (χ2n) is 9.55. The van der Waals surface area contributed by atoms with E-state index in [0.717, 1.165) is 38.5 Å². The van der Waals surface area contributed by atoms with Crippen LogP contribution in [0.1, 0.15) is 84.0 Å². The number of rotatable bonds is 11. The maximum absolute atomic E-state index is 13.6. The first-order valence-corrected chi connectivity index (χ1v) is 14.0. The van der Waals surface area contributed by atoms with E-state index >= 15 is 0 Å². The summed E-state index contributed by atoms with van der Waals surface area (Å²) in [5, 5.41) is 5.57. The van der Waals surface area contributed by atoms with E-state index in [2.05, 4.69) is 15.4 Å². The maximum Gasteiger partial charge on any atom is 0.289 e. The summed E-state index contributed by atoms with van der Waals surface area (Å²) in [4.78, 5) is 39.3. The first-order chi connectivity index (χ1) is 16.3. The normalized spacial score (nSPS) is 19.3. The molecule has 0 spiro atoms. The Balaban J connectivity index is 1.78. The molecule has 3 rings (SSSR count). The molecule has 2 aliphatic rings. The molecule has 1 aromatic rings. The van der Waals surface area contributed by atoms with Gasteiger partial charge >= 0.3 is 0 Å². The first kappa shape index (κ1) is 26.3. The van der Waals surface area contributed by atoms with Crippen LogP contribution in [0.3, 0.4) is 0 Å². The molecule has 0 aliphatic heterocycles. The number of Topliss-reactive ketones (excluding diaryl/α,β-unsaturated/α-hetero) is 1. The lowest BCUT2D eigenvalue weighted by atomic mass is 9.81. The Morgan fingerprint density at radius 3 is 2.26 bits per heavy atom. The van der Waals surface area contributed by atoms with E-state index in [1.165, 1.54) is 12.1 Å². The molecule has 0 bridgehead atoms. The van der Waals surface area contributed by atoms with E-state index in [1.54, 1.807) is 18.2 Å². The average molecular weight is 492 g/mol. The number of benzene rings is 1. The van der Waals surface area contributed by atoms with Crippen molar-refractivity contribution in [1.82, 2.24) is 15.4 Å². The molecule has 3 N–H and O–H groups in total. The highest BCUT2D eigenvalue weighted by molar-refractivity contribution is 7.89. The molecule has 2 amide bonds. The second kappa shape index (κ2) is 11.9. The van der Waals surface area contributed by atoms with Gasteiger partial charge in [0.05, 0.1) is 10.9 Å². The molecule has 9 heteroatoms. The van der Waals surface area contributed by atoms with Crippen LogP contribution >= 0.6 is 0 Å². The van der Waals surface area contributed by atoms with E-state index in [1.807, 2.05) is 6.92 Å². The third kappa shape index (κ3) is 6.66. The van der Waals surface area contributed by atoms with Crippen molar-refractivity contribution in [3.63, 3.8) is 0 Å². The van der Waals surface area contributed by atoms with Gasteiger partial charge in [-0.3, -0.25) is 14.4 Å². The van der Waals surface area contributed by atoms with E-state index in [4.69, 9.17) is 0 Å². The molecule has 0 saturated heterocycles. The molecule has 188 valence electrons. The summed E-state index contributed by atoms with van der Waals surface area (Å²) in [5.74, 6) is -1.86. The monoisotopic (exact) mass is 491 g/mol. The number of amides is 2. The van der Waals surface area contributed by atoms with E-state index in [0.29, 0.717) is 38.5 Å². The Morgan fingerprint density at radius 1 is 1.00 bits per heavy atom. The van der Waals surface area contributed by atoms with Gasteiger partial charge in [-0.2, -0.15) is 4.72 Å². The summed E-state index contributed by atoms with van der Waals surface area (Å²) in [5.41, 5.74) is -1.35. The predicted molar refractivity (Wildman–Crippen MR) is 129 cm³/mol. The molecule has 8 nitrogen and oxygen atoms in total. The molecule has 2 aliphatic carbocycles. The molecule has 0 radical (unpaired) electrons. The summed E-state index contributed by atoms with van der Waals surface area (Å²) in [7, 11) is -3.94. The van der Waals surface area contributed by atoms with Crippen LogP contribution in [0.25, 0.3) is 0 Å². The van der Waals surface area contributed by atoms with Gasteiger partial charge in [0.1, 0.15) is 5.54 Å². The molecular weight excluding hydrogens is 454 g/mol. The van der Waals surface area contributed by atoms with Gasteiger partial charge in [0.25, 0.3) is 5.91 Å². The lowest BCUT2D eigenvalue weighted by molar-refractivity contribution is -0.141. The Kier molecular flexibility index (Phi) is 9.24. The Hall–Kier alpha value is -2.26. The molecule has 1 unspecified atom stereocenters. The number of carbonyl (C=O) groups excluding carboxylic acids is 3. The second-order valence-corrected chi connectivity index (χ2v) is 11.2. The van der Waals surface area contributed by atoms with E-state index in [-0.39, 0.29) is 10.9 Å². The standard InChI is InChI=1S/C25H37N3O5S/c1-2-3-16-21(22(29)23(30)26-19-12-8-9-13-19)27-24(31)25(17-10-5-11-18-25)28-34(32,33)20-14-6-4-7-15-20/h4,6-7,14-15,19,21,28H,2-3,5,8-13,16-18H2,1H3,(H,26,30)(H,27,31). The number of unbranched alkanes of at least 4 members (excludes halogenated alkanes) is 1. The third-order valence-corrected chi connectivity index (χ3v) is 8.46. The number of nitrogens with one attached hydrogen (secondary N) is 3. The van der Waals surface area contributed by atoms with Crippen LogP contribution in [0.4, 0.5) is 0 Å². The van der Waals surface area contributed by atoms with Crippen LogP contribution in [0.5, 0.6) is 0 Å². The number of sulfonamides is 1. The van der Waals surface area contributed by atoms with Gasteiger partial charge in [-0.1, -0.05) is 70.1 Å². The summed E-state index contributed by atoms with van der Waals surface area (Å²) in [6.07, 6.45) is 8.54. The fourth-order valence-electron chi connectivity index (χ4n) is 4.90. The van der Waals surface area contributed by atoms with Gasteiger partial charge in [-0.05, 0) is 44.2 Å². The van der Waals surface area contributed by atoms with Gasteiger partial charge in [-0.25, -0.2) is 8.42 Å². The van der Waals surface area contributed by atoms with Gasteiger partial charge in [0, 0.05) is 6.04 Å². The maximum atomic E-state index is 13.6. The zero-order valence-corrected chi connectivity index (χ0v) is 20.8. The van der Waals surface area contributed by atoms with Crippen LogP contribution in [-0.2, 0) is 24.4 Å².